The SMILES string of the molecule is CC(C)c1cc(C(=O)c2cc(C(C)C)c(O)c(C(C)C)c2C(C)C)c(C(C)C)c(C(C)C)c1O. The average Bonchev–Trinajstić information content (AvgIpc) is 2.70. The number of carbonyl (C=O) groups is 1. The van der Waals surface area contributed by atoms with E-state index in [-0.39, 0.29) is 41.3 Å². The number of benzene rings is 2. The van der Waals surface area contributed by atoms with Crippen LogP contribution in [-0.4, -0.2) is 16.0 Å². The lowest BCUT2D eigenvalue weighted by atomic mass is 9.77. The molecule has 2 N–H and O–H groups in total. The minimum atomic E-state index is -0.0139. The summed E-state index contributed by atoms with van der Waals surface area (Å²) in [5, 5.41) is 22.4. The third kappa shape index (κ3) is 5.04. The molecular formula is C31H46O3. The number of phenols is 2. The van der Waals surface area contributed by atoms with Gasteiger partial charge in [0.1, 0.15) is 11.5 Å². The molecule has 0 aromatic heterocycles. The molecule has 0 bridgehead atoms. The molecule has 0 aliphatic heterocycles. The summed E-state index contributed by atoms with van der Waals surface area (Å²) in [6.45, 7) is 24.9. The minimum absolute atomic E-state index is 0.0139. The van der Waals surface area contributed by atoms with Gasteiger partial charge in [-0.05, 0) is 69.9 Å². The van der Waals surface area contributed by atoms with Gasteiger partial charge in [-0.3, -0.25) is 4.79 Å². The van der Waals surface area contributed by atoms with E-state index in [2.05, 4.69) is 83.1 Å². The van der Waals surface area contributed by atoms with E-state index in [0.29, 0.717) is 22.6 Å². The molecule has 34 heavy (non-hydrogen) atoms. The minimum Gasteiger partial charge on any atom is -0.507 e. The van der Waals surface area contributed by atoms with Gasteiger partial charge >= 0.3 is 0 Å². The molecule has 0 fully saturated rings. The first-order valence-electron chi connectivity index (χ1n) is 13.0. The summed E-state index contributed by atoms with van der Waals surface area (Å²) >= 11 is 0. The summed E-state index contributed by atoms with van der Waals surface area (Å²) in [6.07, 6.45) is 0. The third-order valence-corrected chi connectivity index (χ3v) is 6.86. The Morgan fingerprint density at radius 1 is 0.500 bits per heavy atom. The number of hydrogen-bond donors (Lipinski definition) is 2. The zero-order valence-electron chi connectivity index (χ0n) is 23.4. The van der Waals surface area contributed by atoms with Gasteiger partial charge in [-0.15, -0.1) is 0 Å². The average molecular weight is 467 g/mol. The predicted octanol–water partition coefficient (Wildman–Crippen LogP) is 9.07. The van der Waals surface area contributed by atoms with Crippen LogP contribution in [-0.2, 0) is 0 Å². The Bertz CT molecular complexity index is 970. The van der Waals surface area contributed by atoms with Gasteiger partial charge in [0, 0.05) is 22.3 Å². The Morgan fingerprint density at radius 3 is 0.971 bits per heavy atom. The van der Waals surface area contributed by atoms with Gasteiger partial charge in [-0.25, -0.2) is 0 Å². The number of aromatic hydroxyl groups is 2. The highest BCUT2D eigenvalue weighted by Crippen LogP contribution is 2.45. The highest BCUT2D eigenvalue weighted by Gasteiger charge is 2.31. The zero-order valence-corrected chi connectivity index (χ0v) is 23.4. The molecule has 3 heteroatoms. The molecule has 0 aliphatic rings. The van der Waals surface area contributed by atoms with Crippen molar-refractivity contribution < 1.29 is 15.0 Å². The fraction of sp³-hybridized carbons (Fsp3) is 0.581. The Labute approximate surface area is 207 Å². The van der Waals surface area contributed by atoms with Crippen LogP contribution in [0, 0.1) is 0 Å². The third-order valence-electron chi connectivity index (χ3n) is 6.86. The van der Waals surface area contributed by atoms with Gasteiger partial charge in [0.25, 0.3) is 0 Å². The summed E-state index contributed by atoms with van der Waals surface area (Å²) in [4.78, 5) is 14.5. The summed E-state index contributed by atoms with van der Waals surface area (Å²) < 4.78 is 0. The van der Waals surface area contributed by atoms with Crippen molar-refractivity contribution in [3.8, 4) is 11.5 Å². The molecular weight excluding hydrogens is 420 g/mol. The van der Waals surface area contributed by atoms with E-state index in [9.17, 15) is 15.0 Å². The molecule has 2 aromatic rings. The van der Waals surface area contributed by atoms with Crippen molar-refractivity contribution in [2.45, 2.75) is 119 Å². The quantitative estimate of drug-likeness (QED) is 0.381. The molecule has 0 atom stereocenters. The van der Waals surface area contributed by atoms with Crippen molar-refractivity contribution in [2.75, 3.05) is 0 Å². The van der Waals surface area contributed by atoms with E-state index in [4.69, 9.17) is 0 Å². The van der Waals surface area contributed by atoms with E-state index in [0.717, 1.165) is 33.4 Å². The number of carbonyl (C=O) groups excluding carboxylic acids is 1. The van der Waals surface area contributed by atoms with E-state index in [1.807, 2.05) is 12.1 Å². The molecule has 0 heterocycles. The molecule has 0 aliphatic carbocycles. The maximum Gasteiger partial charge on any atom is 0.193 e. The Kier molecular flexibility index (Phi) is 8.67. The summed E-state index contributed by atoms with van der Waals surface area (Å²) in [7, 11) is 0. The Balaban J connectivity index is 3.07. The monoisotopic (exact) mass is 466 g/mol. The lowest BCUT2D eigenvalue weighted by molar-refractivity contribution is 0.103. The Hall–Kier alpha value is -2.29. The molecule has 0 spiro atoms. The predicted molar refractivity (Wildman–Crippen MR) is 144 cm³/mol. The van der Waals surface area contributed by atoms with Gasteiger partial charge in [0.15, 0.2) is 5.78 Å². The van der Waals surface area contributed by atoms with Crippen LogP contribution in [0.1, 0.15) is 168 Å². The number of hydrogen-bond acceptors (Lipinski definition) is 3. The lowest BCUT2D eigenvalue weighted by Gasteiger charge is -2.27. The normalized spacial score (nSPS) is 12.3. The molecule has 0 saturated heterocycles. The van der Waals surface area contributed by atoms with E-state index in [1.165, 1.54) is 0 Å². The van der Waals surface area contributed by atoms with Gasteiger partial charge in [-0.2, -0.15) is 0 Å². The molecule has 188 valence electrons. The zero-order chi connectivity index (χ0) is 26.2. The van der Waals surface area contributed by atoms with Crippen LogP contribution in [0.2, 0.25) is 0 Å². The number of rotatable bonds is 8. The smallest absolute Gasteiger partial charge is 0.193 e. The second kappa shape index (κ2) is 10.5. The maximum atomic E-state index is 14.5. The van der Waals surface area contributed by atoms with Crippen molar-refractivity contribution in [1.82, 2.24) is 0 Å². The molecule has 0 amide bonds. The molecule has 2 rings (SSSR count). The fourth-order valence-corrected chi connectivity index (χ4v) is 5.27. The van der Waals surface area contributed by atoms with Gasteiger partial charge in [0.05, 0.1) is 0 Å². The number of phenolic OH excluding ortho intramolecular Hbond substituents is 2. The van der Waals surface area contributed by atoms with Crippen LogP contribution in [0.5, 0.6) is 11.5 Å². The van der Waals surface area contributed by atoms with Crippen LogP contribution < -0.4 is 0 Å². The number of ketones is 1. The fourth-order valence-electron chi connectivity index (χ4n) is 5.27. The van der Waals surface area contributed by atoms with Crippen molar-refractivity contribution in [2.24, 2.45) is 0 Å². The van der Waals surface area contributed by atoms with Crippen molar-refractivity contribution in [3.63, 3.8) is 0 Å². The molecule has 2 aromatic carbocycles. The van der Waals surface area contributed by atoms with Gasteiger partial charge in [0.2, 0.25) is 0 Å². The second-order valence-electron chi connectivity index (χ2n) is 11.6. The van der Waals surface area contributed by atoms with Crippen LogP contribution in [0.25, 0.3) is 0 Å². The molecule has 0 radical (unpaired) electrons. The van der Waals surface area contributed by atoms with E-state index < -0.39 is 0 Å². The van der Waals surface area contributed by atoms with Crippen molar-refractivity contribution in [1.29, 1.82) is 0 Å². The summed E-state index contributed by atoms with van der Waals surface area (Å²) in [5.74, 6) is 1.15. The van der Waals surface area contributed by atoms with Crippen LogP contribution >= 0.6 is 0 Å². The molecule has 0 saturated carbocycles. The molecule has 0 unspecified atom stereocenters. The highest BCUT2D eigenvalue weighted by atomic mass is 16.3. The van der Waals surface area contributed by atoms with Crippen LogP contribution in [0.4, 0.5) is 0 Å². The second-order valence-corrected chi connectivity index (χ2v) is 11.6. The van der Waals surface area contributed by atoms with Gasteiger partial charge in [-0.1, -0.05) is 83.1 Å². The van der Waals surface area contributed by atoms with E-state index >= 15 is 0 Å². The van der Waals surface area contributed by atoms with Crippen molar-refractivity contribution >= 4 is 5.78 Å². The summed E-state index contributed by atoms with van der Waals surface area (Å²) in [6, 6.07) is 3.84. The van der Waals surface area contributed by atoms with E-state index in [1.54, 1.807) is 0 Å². The highest BCUT2D eigenvalue weighted by molar-refractivity contribution is 6.12. The Morgan fingerprint density at radius 2 is 0.765 bits per heavy atom. The first-order valence-corrected chi connectivity index (χ1v) is 13.0. The topological polar surface area (TPSA) is 57.5 Å². The first kappa shape index (κ1) is 28.0. The van der Waals surface area contributed by atoms with Gasteiger partial charge < -0.3 is 10.2 Å². The lowest BCUT2D eigenvalue weighted by Crippen LogP contribution is -2.17. The van der Waals surface area contributed by atoms with Crippen molar-refractivity contribution in [3.05, 3.63) is 56.6 Å². The maximum absolute atomic E-state index is 14.5. The van der Waals surface area contributed by atoms with Crippen LogP contribution in [0.15, 0.2) is 12.1 Å². The molecule has 3 nitrogen and oxygen atoms in total. The van der Waals surface area contributed by atoms with Crippen LogP contribution in [0.3, 0.4) is 0 Å². The largest absolute Gasteiger partial charge is 0.507 e. The standard InChI is InChI=1S/C31H46O3/c1-15(2)21-13-23(25(17(5)6)27(19(9)10)30(21)33)29(32)24-14-22(16(3)4)31(34)28(20(11)12)26(24)18(7)8/h13-20,33-34H,1-12H3. The first-order chi connectivity index (χ1) is 15.6. The summed E-state index contributed by atoms with van der Waals surface area (Å²) in [5.41, 5.74) is 6.60.